The van der Waals surface area contributed by atoms with E-state index in [1.807, 2.05) is 12.1 Å². The summed E-state index contributed by atoms with van der Waals surface area (Å²) in [5.74, 6) is 2.56. The molecule has 1 aliphatic carbocycles. The Kier molecular flexibility index (Phi) is 3.29. The summed E-state index contributed by atoms with van der Waals surface area (Å²) in [6, 6.07) is 8.40. The molecule has 4 atom stereocenters. The van der Waals surface area contributed by atoms with E-state index in [0.29, 0.717) is 12.0 Å². The van der Waals surface area contributed by atoms with Crippen molar-refractivity contribution < 1.29 is 4.74 Å². The fourth-order valence-corrected chi connectivity index (χ4v) is 3.59. The summed E-state index contributed by atoms with van der Waals surface area (Å²) in [4.78, 5) is 0. The van der Waals surface area contributed by atoms with E-state index < -0.39 is 0 Å². The summed E-state index contributed by atoms with van der Waals surface area (Å²) in [5, 5.41) is 0. The molecule has 3 rings (SSSR count). The van der Waals surface area contributed by atoms with Gasteiger partial charge in [0.05, 0.1) is 0 Å². The van der Waals surface area contributed by atoms with Crippen LogP contribution in [0.3, 0.4) is 0 Å². The summed E-state index contributed by atoms with van der Waals surface area (Å²) in [7, 11) is 0. The first-order chi connectivity index (χ1) is 8.74. The zero-order valence-corrected chi connectivity index (χ0v) is 11.1. The molecule has 0 saturated heterocycles. The van der Waals surface area contributed by atoms with Gasteiger partial charge >= 0.3 is 0 Å². The average Bonchev–Trinajstić information content (AvgIpc) is 2.39. The Morgan fingerprint density at radius 2 is 2.00 bits per heavy atom. The number of hydrogen-bond donors (Lipinski definition) is 1. The maximum Gasteiger partial charge on any atom is 0.124 e. The van der Waals surface area contributed by atoms with Crippen LogP contribution in [-0.4, -0.2) is 6.10 Å². The molecule has 0 bridgehead atoms. The molecule has 2 N–H and O–H groups in total. The van der Waals surface area contributed by atoms with Gasteiger partial charge in [-0.3, -0.25) is 0 Å². The van der Waals surface area contributed by atoms with Crippen molar-refractivity contribution in [1.82, 2.24) is 0 Å². The molecular formula is C16H23NO. The van der Waals surface area contributed by atoms with Crippen LogP contribution in [0.4, 0.5) is 0 Å². The largest absolute Gasteiger partial charge is 0.490 e. The number of para-hydroxylation sites is 1. The SMILES string of the molecule is CC1CCCC(C2CC(N)c3ccccc3O2)C1. The summed E-state index contributed by atoms with van der Waals surface area (Å²) >= 11 is 0. The second-order valence-electron chi connectivity index (χ2n) is 6.07. The third-order valence-corrected chi connectivity index (χ3v) is 4.59. The molecule has 2 aliphatic rings. The quantitative estimate of drug-likeness (QED) is 0.819. The van der Waals surface area contributed by atoms with E-state index in [1.165, 1.54) is 31.2 Å². The third kappa shape index (κ3) is 2.26. The number of hydrogen-bond acceptors (Lipinski definition) is 2. The number of nitrogens with two attached hydrogens (primary N) is 1. The van der Waals surface area contributed by atoms with Crippen LogP contribution in [0.5, 0.6) is 5.75 Å². The van der Waals surface area contributed by atoms with E-state index in [-0.39, 0.29) is 6.04 Å². The number of fused-ring (bicyclic) bond motifs is 1. The Balaban J connectivity index is 1.77. The van der Waals surface area contributed by atoms with Crippen molar-refractivity contribution >= 4 is 0 Å². The Hall–Kier alpha value is -1.02. The molecule has 1 fully saturated rings. The van der Waals surface area contributed by atoms with Gasteiger partial charge < -0.3 is 10.5 Å². The highest BCUT2D eigenvalue weighted by atomic mass is 16.5. The Labute approximate surface area is 110 Å². The average molecular weight is 245 g/mol. The van der Waals surface area contributed by atoms with Gasteiger partial charge in [0.25, 0.3) is 0 Å². The van der Waals surface area contributed by atoms with Gasteiger partial charge in [-0.15, -0.1) is 0 Å². The van der Waals surface area contributed by atoms with Gasteiger partial charge in [-0.25, -0.2) is 0 Å². The first kappa shape index (κ1) is 12.0. The second-order valence-corrected chi connectivity index (χ2v) is 6.07. The predicted molar refractivity (Wildman–Crippen MR) is 73.5 cm³/mol. The molecular weight excluding hydrogens is 222 g/mol. The van der Waals surface area contributed by atoms with E-state index in [4.69, 9.17) is 10.5 Å². The third-order valence-electron chi connectivity index (χ3n) is 4.59. The molecule has 1 aromatic rings. The van der Waals surface area contributed by atoms with Crippen LogP contribution in [0, 0.1) is 11.8 Å². The predicted octanol–water partition coefficient (Wildman–Crippen LogP) is 3.66. The molecule has 2 nitrogen and oxygen atoms in total. The van der Waals surface area contributed by atoms with E-state index in [0.717, 1.165) is 18.1 Å². The van der Waals surface area contributed by atoms with Crippen LogP contribution < -0.4 is 10.5 Å². The van der Waals surface area contributed by atoms with Gasteiger partial charge in [0.2, 0.25) is 0 Å². The molecule has 18 heavy (non-hydrogen) atoms. The van der Waals surface area contributed by atoms with Crippen LogP contribution in [0.15, 0.2) is 24.3 Å². The van der Waals surface area contributed by atoms with Gasteiger partial charge in [0, 0.05) is 18.0 Å². The summed E-state index contributed by atoms with van der Waals surface area (Å²) in [6.07, 6.45) is 6.66. The first-order valence-electron chi connectivity index (χ1n) is 7.25. The van der Waals surface area contributed by atoms with E-state index >= 15 is 0 Å². The van der Waals surface area contributed by atoms with E-state index in [9.17, 15) is 0 Å². The zero-order chi connectivity index (χ0) is 12.5. The molecule has 4 unspecified atom stereocenters. The van der Waals surface area contributed by atoms with E-state index in [1.54, 1.807) is 0 Å². The lowest BCUT2D eigenvalue weighted by atomic mass is 9.77. The maximum absolute atomic E-state index is 6.30. The van der Waals surface area contributed by atoms with Crippen LogP contribution in [0.25, 0.3) is 0 Å². The minimum Gasteiger partial charge on any atom is -0.490 e. The van der Waals surface area contributed by atoms with Gasteiger partial charge in [-0.05, 0) is 30.7 Å². The van der Waals surface area contributed by atoms with Crippen molar-refractivity contribution in [2.24, 2.45) is 17.6 Å². The molecule has 0 spiro atoms. The van der Waals surface area contributed by atoms with Gasteiger partial charge in [-0.2, -0.15) is 0 Å². The summed E-state index contributed by atoms with van der Waals surface area (Å²) < 4.78 is 6.21. The molecule has 1 saturated carbocycles. The number of rotatable bonds is 1. The zero-order valence-electron chi connectivity index (χ0n) is 11.1. The van der Waals surface area contributed by atoms with Crippen molar-refractivity contribution in [3.8, 4) is 5.75 Å². The Morgan fingerprint density at radius 3 is 2.83 bits per heavy atom. The van der Waals surface area contributed by atoms with Gasteiger partial charge in [-0.1, -0.05) is 38.0 Å². The highest BCUT2D eigenvalue weighted by molar-refractivity contribution is 5.37. The summed E-state index contributed by atoms with van der Waals surface area (Å²) in [5.41, 5.74) is 7.48. The number of ether oxygens (including phenoxy) is 1. The highest BCUT2D eigenvalue weighted by Crippen LogP contribution is 2.40. The van der Waals surface area contributed by atoms with Crippen molar-refractivity contribution in [3.63, 3.8) is 0 Å². The Bertz CT molecular complexity index is 417. The fraction of sp³-hybridized carbons (Fsp3) is 0.625. The van der Waals surface area contributed by atoms with Gasteiger partial charge in [0.1, 0.15) is 11.9 Å². The minimum atomic E-state index is 0.150. The number of benzene rings is 1. The van der Waals surface area contributed by atoms with Crippen molar-refractivity contribution in [2.75, 3.05) is 0 Å². The van der Waals surface area contributed by atoms with Crippen molar-refractivity contribution in [2.45, 2.75) is 51.2 Å². The second kappa shape index (κ2) is 4.93. The first-order valence-corrected chi connectivity index (χ1v) is 7.25. The summed E-state index contributed by atoms with van der Waals surface area (Å²) in [6.45, 7) is 2.36. The fourth-order valence-electron chi connectivity index (χ4n) is 3.59. The van der Waals surface area contributed by atoms with Crippen LogP contribution in [0.1, 0.15) is 50.6 Å². The van der Waals surface area contributed by atoms with Crippen molar-refractivity contribution in [1.29, 1.82) is 0 Å². The van der Waals surface area contributed by atoms with E-state index in [2.05, 4.69) is 19.1 Å². The molecule has 1 aliphatic heterocycles. The Morgan fingerprint density at radius 1 is 1.17 bits per heavy atom. The normalized spacial score (nSPS) is 35.7. The monoisotopic (exact) mass is 245 g/mol. The smallest absolute Gasteiger partial charge is 0.124 e. The van der Waals surface area contributed by atoms with Crippen LogP contribution in [-0.2, 0) is 0 Å². The van der Waals surface area contributed by atoms with Crippen LogP contribution >= 0.6 is 0 Å². The molecule has 2 heteroatoms. The standard InChI is InChI=1S/C16H23NO/c1-11-5-4-6-12(9-11)16-10-14(17)13-7-2-3-8-15(13)18-16/h2-3,7-8,11-12,14,16H,4-6,9-10,17H2,1H3. The molecule has 98 valence electrons. The molecule has 1 aromatic carbocycles. The van der Waals surface area contributed by atoms with Crippen molar-refractivity contribution in [3.05, 3.63) is 29.8 Å². The topological polar surface area (TPSA) is 35.2 Å². The minimum absolute atomic E-state index is 0.150. The lowest BCUT2D eigenvalue weighted by Gasteiger charge is -2.38. The molecule has 1 heterocycles. The maximum atomic E-state index is 6.30. The van der Waals surface area contributed by atoms with Gasteiger partial charge in [0.15, 0.2) is 0 Å². The molecule has 0 aromatic heterocycles. The highest BCUT2D eigenvalue weighted by Gasteiger charge is 2.33. The lowest BCUT2D eigenvalue weighted by Crippen LogP contribution is -2.37. The molecule has 0 radical (unpaired) electrons. The van der Waals surface area contributed by atoms with Crippen LogP contribution in [0.2, 0.25) is 0 Å². The molecule has 0 amide bonds. The lowest BCUT2D eigenvalue weighted by molar-refractivity contribution is 0.0666.